The number of aliphatic imine (C=N–C) groups is 1. The number of fused-ring (bicyclic) bond motifs is 9. The van der Waals surface area contributed by atoms with E-state index in [1.54, 1.807) is 0 Å². The Labute approximate surface area is 347 Å². The zero-order chi connectivity index (χ0) is 39.7. The van der Waals surface area contributed by atoms with Crippen LogP contribution in [-0.4, -0.2) is 5.71 Å². The summed E-state index contributed by atoms with van der Waals surface area (Å²) in [5.74, 6) is 0.431. The van der Waals surface area contributed by atoms with Crippen molar-refractivity contribution >= 4 is 43.7 Å². The molecule has 282 valence electrons. The Bertz CT molecular complexity index is 3150. The van der Waals surface area contributed by atoms with E-state index in [1.165, 1.54) is 88.0 Å². The van der Waals surface area contributed by atoms with Crippen molar-refractivity contribution in [3.05, 3.63) is 222 Å². The van der Waals surface area contributed by atoms with Gasteiger partial charge in [0.15, 0.2) is 0 Å². The van der Waals surface area contributed by atoms with Gasteiger partial charge in [0, 0.05) is 22.8 Å². The van der Waals surface area contributed by atoms with Gasteiger partial charge < -0.3 is 0 Å². The normalized spacial score (nSPS) is 16.8. The maximum absolute atomic E-state index is 5.57. The highest BCUT2D eigenvalue weighted by Crippen LogP contribution is 2.51. The molecule has 0 radical (unpaired) electrons. The van der Waals surface area contributed by atoms with E-state index < -0.39 is 0 Å². The summed E-state index contributed by atoms with van der Waals surface area (Å²) in [4.78, 5) is 5.57. The Hall–Kier alpha value is -6.83. The summed E-state index contributed by atoms with van der Waals surface area (Å²) in [5, 5.41) is 7.65. The highest BCUT2D eigenvalue weighted by Gasteiger charge is 2.35. The number of hydrogen-bond acceptors (Lipinski definition) is 1. The fourth-order valence-corrected chi connectivity index (χ4v) is 10.3. The molecule has 1 aliphatic carbocycles. The molecule has 0 bridgehead atoms. The van der Waals surface area contributed by atoms with Crippen LogP contribution in [0.3, 0.4) is 0 Å². The summed E-state index contributed by atoms with van der Waals surface area (Å²) < 4.78 is 0. The lowest BCUT2D eigenvalue weighted by atomic mass is 9.76. The zero-order valence-electron chi connectivity index (χ0n) is 33.8. The van der Waals surface area contributed by atoms with Gasteiger partial charge in [-0.05, 0) is 113 Å². The van der Waals surface area contributed by atoms with Crippen molar-refractivity contribution in [3.8, 4) is 33.4 Å². The van der Waals surface area contributed by atoms with Crippen LogP contribution in [0.1, 0.15) is 60.9 Å². The second kappa shape index (κ2) is 13.9. The van der Waals surface area contributed by atoms with Crippen LogP contribution in [0.15, 0.2) is 199 Å². The molecule has 0 N–H and O–H groups in total. The van der Waals surface area contributed by atoms with Gasteiger partial charge >= 0.3 is 0 Å². The van der Waals surface area contributed by atoms with Crippen LogP contribution in [0, 0.1) is 5.92 Å². The van der Waals surface area contributed by atoms with Gasteiger partial charge in [0.2, 0.25) is 0 Å². The molecule has 11 rings (SSSR count). The summed E-state index contributed by atoms with van der Waals surface area (Å²) >= 11 is 0. The molecular weight excluding hydrogens is 711 g/mol. The van der Waals surface area contributed by atoms with Gasteiger partial charge in [-0.15, -0.1) is 0 Å². The Morgan fingerprint density at radius 2 is 1.02 bits per heavy atom. The predicted octanol–water partition coefficient (Wildman–Crippen LogP) is 15.4. The van der Waals surface area contributed by atoms with Crippen molar-refractivity contribution in [2.75, 3.05) is 0 Å². The van der Waals surface area contributed by atoms with Crippen molar-refractivity contribution in [1.29, 1.82) is 0 Å². The third kappa shape index (κ3) is 5.71. The zero-order valence-corrected chi connectivity index (χ0v) is 33.8. The second-order valence-electron chi connectivity index (χ2n) is 16.9. The van der Waals surface area contributed by atoms with Crippen molar-refractivity contribution < 1.29 is 0 Å². The molecule has 0 saturated heterocycles. The highest BCUT2D eigenvalue weighted by molar-refractivity contribution is 6.28. The van der Waals surface area contributed by atoms with Crippen LogP contribution >= 0.6 is 0 Å². The average molecular weight is 756 g/mol. The minimum atomic E-state index is -0.0679. The lowest BCUT2D eigenvalue weighted by Gasteiger charge is -2.31. The smallest absolute Gasteiger partial charge is 0.0672 e. The van der Waals surface area contributed by atoms with Crippen LogP contribution in [0.4, 0.5) is 0 Å². The van der Waals surface area contributed by atoms with Crippen LogP contribution in [0.25, 0.3) is 71.4 Å². The molecule has 1 aliphatic heterocycles. The van der Waals surface area contributed by atoms with Crippen LogP contribution in [0.5, 0.6) is 0 Å². The van der Waals surface area contributed by atoms with Gasteiger partial charge in [0.05, 0.1) is 11.4 Å². The number of benzene rings is 9. The molecule has 0 spiro atoms. The van der Waals surface area contributed by atoms with Gasteiger partial charge in [-0.1, -0.05) is 197 Å². The molecule has 0 amide bonds. The molecule has 0 saturated carbocycles. The van der Waals surface area contributed by atoms with Crippen LogP contribution in [-0.2, 0) is 5.41 Å². The lowest BCUT2D eigenvalue weighted by Crippen LogP contribution is -2.25. The number of rotatable bonds is 6. The van der Waals surface area contributed by atoms with E-state index in [9.17, 15) is 0 Å². The quantitative estimate of drug-likeness (QED) is 0.150. The molecular formula is C58H45N. The first-order valence-electron chi connectivity index (χ1n) is 21.1. The molecule has 0 fully saturated rings. The molecule has 9 aromatic carbocycles. The summed E-state index contributed by atoms with van der Waals surface area (Å²) in [5.41, 5.74) is 16.3. The van der Waals surface area contributed by atoms with Gasteiger partial charge in [0.1, 0.15) is 0 Å². The summed E-state index contributed by atoms with van der Waals surface area (Å²) in [6, 6.07) is 69.7. The summed E-state index contributed by atoms with van der Waals surface area (Å²) in [7, 11) is 0. The van der Waals surface area contributed by atoms with Gasteiger partial charge in [-0.25, -0.2) is 0 Å². The molecule has 0 aromatic heterocycles. The van der Waals surface area contributed by atoms with E-state index in [4.69, 9.17) is 4.99 Å². The first-order valence-corrected chi connectivity index (χ1v) is 21.1. The van der Waals surface area contributed by atoms with Gasteiger partial charge in [-0.3, -0.25) is 4.99 Å². The first-order chi connectivity index (χ1) is 29.0. The van der Waals surface area contributed by atoms with Crippen molar-refractivity contribution in [1.82, 2.24) is 0 Å². The van der Waals surface area contributed by atoms with Crippen molar-refractivity contribution in [2.45, 2.75) is 38.5 Å². The standard InChI is InChI=1S/C58H45N/c1-4-43-51(39-28-26-38(27-29-39)37-16-7-5-8-17-37)36-55(59-57(43)40-18-9-6-10-19-40)42-31-33-50-52(34-42)46-21-12-11-20-45(46)49-24-15-23-44(56(49)50)41-30-32-48-47-22-13-14-25-53(47)58(2,3)54(48)35-41/h5-36,43,51H,4H2,1-3H3. The van der Waals surface area contributed by atoms with E-state index in [2.05, 4.69) is 215 Å². The number of nitrogens with zero attached hydrogens (tertiary/aromatic N) is 1. The van der Waals surface area contributed by atoms with Crippen molar-refractivity contribution in [3.63, 3.8) is 0 Å². The molecule has 2 atom stereocenters. The predicted molar refractivity (Wildman–Crippen MR) is 251 cm³/mol. The third-order valence-corrected chi connectivity index (χ3v) is 13.3. The maximum atomic E-state index is 5.57. The lowest BCUT2D eigenvalue weighted by molar-refractivity contribution is 0.593. The second-order valence-corrected chi connectivity index (χ2v) is 16.9. The van der Waals surface area contributed by atoms with Crippen LogP contribution < -0.4 is 0 Å². The Kier molecular flexibility index (Phi) is 8.34. The summed E-state index contributed by atoms with van der Waals surface area (Å²) in [6.45, 7) is 7.04. The van der Waals surface area contributed by atoms with Crippen molar-refractivity contribution in [2.24, 2.45) is 10.9 Å². The molecule has 2 unspecified atom stereocenters. The molecule has 59 heavy (non-hydrogen) atoms. The Balaban J connectivity index is 1.09. The minimum absolute atomic E-state index is 0.0679. The fourth-order valence-electron chi connectivity index (χ4n) is 10.3. The van der Waals surface area contributed by atoms with E-state index in [0.29, 0.717) is 0 Å². The van der Waals surface area contributed by atoms with Gasteiger partial charge in [0.25, 0.3) is 0 Å². The van der Waals surface area contributed by atoms with E-state index in [1.807, 2.05) is 0 Å². The largest absolute Gasteiger partial charge is 0.252 e. The fraction of sp³-hybridized carbons (Fsp3) is 0.121. The first kappa shape index (κ1) is 35.3. The minimum Gasteiger partial charge on any atom is -0.252 e. The van der Waals surface area contributed by atoms with E-state index >= 15 is 0 Å². The topological polar surface area (TPSA) is 12.4 Å². The highest BCUT2D eigenvalue weighted by atomic mass is 14.8. The average Bonchev–Trinajstić information content (AvgIpc) is 3.54. The monoisotopic (exact) mass is 755 g/mol. The molecule has 1 heteroatoms. The molecule has 1 nitrogen and oxygen atoms in total. The van der Waals surface area contributed by atoms with E-state index in [0.717, 1.165) is 23.4 Å². The molecule has 2 aliphatic rings. The summed E-state index contributed by atoms with van der Waals surface area (Å²) in [6.07, 6.45) is 3.43. The Morgan fingerprint density at radius 3 is 1.78 bits per heavy atom. The SMILES string of the molecule is CCC1C(c2ccccc2)=NC(c2ccc3c(c2)c2ccccc2c2cccc(-c4ccc5c(c4)C(C)(C)c4ccccc4-5)c23)=CC1c1ccc(-c2ccccc2)cc1. The van der Waals surface area contributed by atoms with Gasteiger partial charge in [-0.2, -0.15) is 0 Å². The van der Waals surface area contributed by atoms with Crippen LogP contribution in [0.2, 0.25) is 0 Å². The number of hydrogen-bond donors (Lipinski definition) is 0. The molecule has 1 heterocycles. The Morgan fingerprint density at radius 1 is 0.441 bits per heavy atom. The third-order valence-electron chi connectivity index (χ3n) is 13.3. The molecule has 9 aromatic rings. The number of allylic oxidation sites excluding steroid dienone is 1. The van der Waals surface area contributed by atoms with E-state index in [-0.39, 0.29) is 17.3 Å². The maximum Gasteiger partial charge on any atom is 0.0672 e.